The number of aromatic hydroxyl groups is 1. The number of anilines is 1. The van der Waals surface area contributed by atoms with Crippen molar-refractivity contribution in [3.63, 3.8) is 0 Å². The third-order valence-corrected chi connectivity index (χ3v) is 5.42. The Labute approximate surface area is 184 Å². The molecule has 0 saturated heterocycles. The van der Waals surface area contributed by atoms with Gasteiger partial charge in [0, 0.05) is 25.6 Å². The number of carbonyl (C=O) groups excluding carboxylic acids is 1. The number of nitrogens with one attached hydrogen (secondary N) is 2. The third-order valence-electron chi connectivity index (χ3n) is 4.83. The third kappa shape index (κ3) is 8.32. The standard InChI is InChI=1S/C23H32N2O5S/c1-16(26)11-17-7-6-8-18(12-17)14-23(2,3)24-15-22(30-4)19-9-10-21(27)20(13-19)25-31(5,28)29/h6-10,12-13,22,24-25,27H,11,14-15H2,1-5H3. The summed E-state index contributed by atoms with van der Waals surface area (Å²) >= 11 is 0. The molecule has 0 aliphatic heterocycles. The van der Waals surface area contributed by atoms with Crippen LogP contribution < -0.4 is 10.0 Å². The van der Waals surface area contributed by atoms with E-state index in [-0.39, 0.29) is 28.9 Å². The lowest BCUT2D eigenvalue weighted by Crippen LogP contribution is -2.43. The highest BCUT2D eigenvalue weighted by atomic mass is 32.2. The van der Waals surface area contributed by atoms with E-state index in [9.17, 15) is 18.3 Å². The van der Waals surface area contributed by atoms with Crippen molar-refractivity contribution >= 4 is 21.5 Å². The summed E-state index contributed by atoms with van der Waals surface area (Å²) in [6.07, 6.45) is 1.87. The molecule has 31 heavy (non-hydrogen) atoms. The fourth-order valence-electron chi connectivity index (χ4n) is 3.45. The van der Waals surface area contributed by atoms with E-state index in [1.165, 1.54) is 6.07 Å². The Morgan fingerprint density at radius 3 is 2.45 bits per heavy atom. The van der Waals surface area contributed by atoms with E-state index >= 15 is 0 Å². The highest BCUT2D eigenvalue weighted by Gasteiger charge is 2.22. The van der Waals surface area contributed by atoms with Gasteiger partial charge in [0.1, 0.15) is 11.5 Å². The molecule has 1 unspecified atom stereocenters. The molecular weight excluding hydrogens is 416 g/mol. The molecule has 8 heteroatoms. The molecule has 1 atom stereocenters. The van der Waals surface area contributed by atoms with Gasteiger partial charge < -0.3 is 15.2 Å². The van der Waals surface area contributed by atoms with Crippen LogP contribution in [0.4, 0.5) is 5.69 Å². The lowest BCUT2D eigenvalue weighted by Gasteiger charge is -2.29. The van der Waals surface area contributed by atoms with Crippen molar-refractivity contribution in [1.82, 2.24) is 5.32 Å². The van der Waals surface area contributed by atoms with E-state index in [0.717, 1.165) is 29.4 Å². The minimum Gasteiger partial charge on any atom is -0.506 e. The van der Waals surface area contributed by atoms with Crippen LogP contribution >= 0.6 is 0 Å². The maximum atomic E-state index is 11.5. The summed E-state index contributed by atoms with van der Waals surface area (Å²) in [6, 6.07) is 12.8. The second-order valence-corrected chi connectivity index (χ2v) is 10.3. The molecule has 0 fully saturated rings. The van der Waals surface area contributed by atoms with Gasteiger partial charge in [-0.25, -0.2) is 8.42 Å². The Kier molecular flexibility index (Phi) is 8.22. The molecule has 0 aromatic heterocycles. The van der Waals surface area contributed by atoms with Gasteiger partial charge in [-0.1, -0.05) is 30.3 Å². The van der Waals surface area contributed by atoms with Gasteiger partial charge in [-0.3, -0.25) is 9.52 Å². The Bertz CT molecular complexity index is 1020. The number of ether oxygens (including phenoxy) is 1. The first kappa shape index (κ1) is 24.8. The minimum atomic E-state index is -3.52. The van der Waals surface area contributed by atoms with Crippen molar-refractivity contribution in [2.45, 2.75) is 45.3 Å². The average molecular weight is 449 g/mol. The quantitative estimate of drug-likeness (QED) is 0.456. The van der Waals surface area contributed by atoms with Crippen LogP contribution in [0.25, 0.3) is 0 Å². The molecule has 0 spiro atoms. The number of methoxy groups -OCH3 is 1. The zero-order chi connectivity index (χ0) is 23.2. The number of rotatable bonds is 11. The number of hydrogen-bond acceptors (Lipinski definition) is 6. The Balaban J connectivity index is 2.09. The van der Waals surface area contributed by atoms with Crippen LogP contribution in [0, 0.1) is 0 Å². The van der Waals surface area contributed by atoms with Crippen molar-refractivity contribution in [2.24, 2.45) is 0 Å². The fourth-order valence-corrected chi connectivity index (χ4v) is 4.01. The minimum absolute atomic E-state index is 0.114. The second kappa shape index (κ2) is 10.3. The van der Waals surface area contributed by atoms with Crippen LogP contribution in [0.1, 0.15) is 43.6 Å². The molecule has 2 rings (SSSR count). The van der Waals surface area contributed by atoms with Crippen molar-refractivity contribution in [2.75, 3.05) is 24.6 Å². The number of Topliss-reactive ketones (excluding diaryl/α,β-unsaturated/α-hetero) is 1. The number of phenols is 1. The summed E-state index contributed by atoms with van der Waals surface area (Å²) in [5.41, 5.74) is 2.73. The Morgan fingerprint density at radius 2 is 1.84 bits per heavy atom. The summed E-state index contributed by atoms with van der Waals surface area (Å²) in [5.74, 6) is -0.0149. The normalized spacial score (nSPS) is 13.1. The first-order chi connectivity index (χ1) is 14.4. The predicted octanol–water partition coefficient (Wildman–Crippen LogP) is 3.19. The van der Waals surface area contributed by atoms with Gasteiger partial charge in [0.25, 0.3) is 0 Å². The number of carbonyl (C=O) groups is 1. The van der Waals surface area contributed by atoms with E-state index in [1.807, 2.05) is 18.2 Å². The molecule has 0 aliphatic carbocycles. The van der Waals surface area contributed by atoms with Gasteiger partial charge in [-0.15, -0.1) is 0 Å². The number of ketones is 1. The first-order valence-corrected chi connectivity index (χ1v) is 11.9. The molecule has 0 amide bonds. The van der Waals surface area contributed by atoms with Crippen LogP contribution in [0.5, 0.6) is 5.75 Å². The number of hydrogen-bond donors (Lipinski definition) is 3. The molecule has 170 valence electrons. The summed E-state index contributed by atoms with van der Waals surface area (Å²) in [4.78, 5) is 11.4. The van der Waals surface area contributed by atoms with Gasteiger partial charge in [-0.2, -0.15) is 0 Å². The number of benzene rings is 2. The zero-order valence-corrected chi connectivity index (χ0v) is 19.5. The van der Waals surface area contributed by atoms with Crippen LogP contribution in [-0.2, 0) is 32.4 Å². The Morgan fingerprint density at radius 1 is 1.16 bits per heavy atom. The van der Waals surface area contributed by atoms with Crippen LogP contribution in [0.15, 0.2) is 42.5 Å². The molecule has 0 saturated carbocycles. The predicted molar refractivity (Wildman–Crippen MR) is 123 cm³/mol. The van der Waals surface area contributed by atoms with Crippen molar-refractivity contribution in [1.29, 1.82) is 0 Å². The summed E-state index contributed by atoms with van der Waals surface area (Å²) in [5, 5.41) is 13.5. The summed E-state index contributed by atoms with van der Waals surface area (Å²) in [7, 11) is -1.93. The molecule has 0 aliphatic rings. The van der Waals surface area contributed by atoms with Crippen molar-refractivity contribution in [3.8, 4) is 5.75 Å². The second-order valence-electron chi connectivity index (χ2n) is 8.52. The topological polar surface area (TPSA) is 105 Å². The molecule has 0 heterocycles. The van der Waals surface area contributed by atoms with Crippen LogP contribution in [0.3, 0.4) is 0 Å². The van der Waals surface area contributed by atoms with Gasteiger partial charge in [0.05, 0.1) is 18.0 Å². The van der Waals surface area contributed by atoms with Crippen LogP contribution in [0.2, 0.25) is 0 Å². The van der Waals surface area contributed by atoms with E-state index < -0.39 is 10.0 Å². The highest BCUT2D eigenvalue weighted by molar-refractivity contribution is 7.92. The lowest BCUT2D eigenvalue weighted by molar-refractivity contribution is -0.116. The molecule has 2 aromatic carbocycles. The van der Waals surface area contributed by atoms with E-state index in [1.54, 1.807) is 26.2 Å². The molecule has 0 bridgehead atoms. The highest BCUT2D eigenvalue weighted by Crippen LogP contribution is 2.29. The van der Waals surface area contributed by atoms with E-state index in [2.05, 4.69) is 30.0 Å². The average Bonchev–Trinajstić information content (AvgIpc) is 2.63. The number of phenolic OH excluding ortho intramolecular Hbond substituents is 1. The van der Waals surface area contributed by atoms with Crippen LogP contribution in [-0.4, -0.2) is 44.8 Å². The molecule has 2 aromatic rings. The van der Waals surface area contributed by atoms with Crippen molar-refractivity contribution < 1.29 is 23.1 Å². The summed E-state index contributed by atoms with van der Waals surface area (Å²) < 4.78 is 31.0. The van der Waals surface area contributed by atoms with Crippen molar-refractivity contribution in [3.05, 3.63) is 59.2 Å². The molecular formula is C23H32N2O5S. The molecule has 0 radical (unpaired) electrons. The number of sulfonamides is 1. The van der Waals surface area contributed by atoms with Gasteiger partial charge >= 0.3 is 0 Å². The van der Waals surface area contributed by atoms with Gasteiger partial charge in [0.2, 0.25) is 10.0 Å². The maximum absolute atomic E-state index is 11.5. The summed E-state index contributed by atoms with van der Waals surface area (Å²) in [6.45, 7) is 6.25. The Hall–Kier alpha value is -2.42. The van der Waals surface area contributed by atoms with Gasteiger partial charge in [-0.05, 0) is 56.0 Å². The lowest BCUT2D eigenvalue weighted by atomic mass is 9.93. The SMILES string of the molecule is COC(CNC(C)(C)Cc1cccc(CC(C)=O)c1)c1ccc(O)c(NS(C)(=O)=O)c1. The smallest absolute Gasteiger partial charge is 0.229 e. The monoisotopic (exact) mass is 448 g/mol. The fraction of sp³-hybridized carbons (Fsp3) is 0.435. The molecule has 7 nitrogen and oxygen atoms in total. The largest absolute Gasteiger partial charge is 0.506 e. The first-order valence-electron chi connectivity index (χ1n) is 10.0. The molecule has 3 N–H and O–H groups in total. The maximum Gasteiger partial charge on any atom is 0.229 e. The zero-order valence-electron chi connectivity index (χ0n) is 18.7. The van der Waals surface area contributed by atoms with E-state index in [0.29, 0.717) is 13.0 Å². The van der Waals surface area contributed by atoms with E-state index in [4.69, 9.17) is 4.74 Å². The van der Waals surface area contributed by atoms with Gasteiger partial charge in [0.15, 0.2) is 0 Å².